The summed E-state index contributed by atoms with van der Waals surface area (Å²) >= 11 is 0. The summed E-state index contributed by atoms with van der Waals surface area (Å²) in [5.41, 5.74) is 0.310. The van der Waals surface area contributed by atoms with Crippen LogP contribution in [0.2, 0.25) is 0 Å². The van der Waals surface area contributed by atoms with Crippen LogP contribution in [-0.4, -0.2) is 11.1 Å². The van der Waals surface area contributed by atoms with Gasteiger partial charge in [0, 0.05) is 0 Å². The molecule has 0 aliphatic carbocycles. The van der Waals surface area contributed by atoms with Crippen molar-refractivity contribution in [3.05, 3.63) is 89.5 Å². The highest BCUT2D eigenvalue weighted by Gasteiger charge is 2.31. The Bertz CT molecular complexity index is 933. The van der Waals surface area contributed by atoms with Crippen molar-refractivity contribution >= 4 is 5.97 Å². The van der Waals surface area contributed by atoms with E-state index in [2.05, 4.69) is 0 Å². The molecule has 0 bridgehead atoms. The van der Waals surface area contributed by atoms with Crippen LogP contribution in [0.15, 0.2) is 72.8 Å². The van der Waals surface area contributed by atoms with Crippen LogP contribution >= 0.6 is 0 Å². The Morgan fingerprint density at radius 1 is 0.926 bits per heavy atom. The Balaban J connectivity index is 1.83. The average molecular weight is 372 g/mol. The number of carbonyl (C=O) groups is 1. The van der Waals surface area contributed by atoms with Gasteiger partial charge in [-0.3, -0.25) is 0 Å². The number of halogens is 3. The van der Waals surface area contributed by atoms with Crippen LogP contribution < -0.4 is 4.74 Å². The van der Waals surface area contributed by atoms with E-state index in [0.29, 0.717) is 24.0 Å². The molecule has 0 radical (unpaired) electrons. The van der Waals surface area contributed by atoms with E-state index >= 15 is 0 Å². The molecule has 3 rings (SSSR count). The summed E-state index contributed by atoms with van der Waals surface area (Å²) in [7, 11) is 0. The minimum Gasteiger partial charge on any atom is -0.489 e. The van der Waals surface area contributed by atoms with Crippen LogP contribution in [-0.2, 0) is 12.8 Å². The second kappa shape index (κ2) is 7.53. The Morgan fingerprint density at radius 2 is 1.59 bits per heavy atom. The van der Waals surface area contributed by atoms with Gasteiger partial charge in [0.25, 0.3) is 0 Å². The average Bonchev–Trinajstić information content (AvgIpc) is 2.66. The van der Waals surface area contributed by atoms with Crippen LogP contribution in [0.3, 0.4) is 0 Å². The first-order valence-corrected chi connectivity index (χ1v) is 8.06. The van der Waals surface area contributed by atoms with Crippen LogP contribution in [0, 0.1) is 0 Å². The number of hydrogen-bond acceptors (Lipinski definition) is 2. The first-order chi connectivity index (χ1) is 12.8. The molecule has 0 saturated heterocycles. The second-order valence-electron chi connectivity index (χ2n) is 5.86. The predicted octanol–water partition coefficient (Wildman–Crippen LogP) is 5.65. The molecule has 0 aliphatic rings. The summed E-state index contributed by atoms with van der Waals surface area (Å²) in [4.78, 5) is 11.4. The van der Waals surface area contributed by atoms with E-state index in [0.717, 1.165) is 11.6 Å². The van der Waals surface area contributed by atoms with Crippen LogP contribution in [0.25, 0.3) is 11.1 Å². The number of hydrogen-bond donors (Lipinski definition) is 1. The smallest absolute Gasteiger partial charge is 0.416 e. The van der Waals surface area contributed by atoms with E-state index in [1.165, 1.54) is 6.07 Å². The van der Waals surface area contributed by atoms with Crippen molar-refractivity contribution in [2.24, 2.45) is 0 Å². The standard InChI is InChI=1S/C21H15F3O3/c22-21(23,24)16-8-11-18(19(12-16)20(25)26)15-6-9-17(10-7-15)27-13-14-4-2-1-3-5-14/h1-12H,13H2,(H,25,26). The summed E-state index contributed by atoms with van der Waals surface area (Å²) in [5, 5.41) is 9.29. The number of alkyl halides is 3. The second-order valence-corrected chi connectivity index (χ2v) is 5.86. The maximum absolute atomic E-state index is 12.8. The van der Waals surface area contributed by atoms with Gasteiger partial charge in [-0.1, -0.05) is 48.5 Å². The normalized spacial score (nSPS) is 11.2. The third-order valence-electron chi connectivity index (χ3n) is 3.99. The van der Waals surface area contributed by atoms with Crippen molar-refractivity contribution in [2.75, 3.05) is 0 Å². The first kappa shape index (κ1) is 18.5. The Hall–Kier alpha value is -3.28. The highest BCUT2D eigenvalue weighted by molar-refractivity contribution is 5.96. The number of rotatable bonds is 5. The molecule has 0 saturated carbocycles. The number of carboxylic acids is 1. The molecule has 0 spiro atoms. The van der Waals surface area contributed by atoms with Gasteiger partial charge in [-0.25, -0.2) is 4.79 Å². The van der Waals surface area contributed by atoms with Gasteiger partial charge in [-0.05, 0) is 41.0 Å². The fourth-order valence-electron chi connectivity index (χ4n) is 2.62. The molecular weight excluding hydrogens is 357 g/mol. The molecule has 0 aromatic heterocycles. The molecule has 27 heavy (non-hydrogen) atoms. The van der Waals surface area contributed by atoms with Crippen LogP contribution in [0.4, 0.5) is 13.2 Å². The zero-order chi connectivity index (χ0) is 19.4. The van der Waals surface area contributed by atoms with Crippen molar-refractivity contribution in [1.29, 1.82) is 0 Å². The third kappa shape index (κ3) is 4.47. The summed E-state index contributed by atoms with van der Waals surface area (Å²) in [6, 6.07) is 18.8. The van der Waals surface area contributed by atoms with Gasteiger partial charge in [0.1, 0.15) is 12.4 Å². The highest BCUT2D eigenvalue weighted by Crippen LogP contribution is 2.34. The summed E-state index contributed by atoms with van der Waals surface area (Å²) in [6.07, 6.45) is -4.60. The topological polar surface area (TPSA) is 46.5 Å². The van der Waals surface area contributed by atoms with Crippen molar-refractivity contribution < 1.29 is 27.8 Å². The van der Waals surface area contributed by atoms with E-state index in [-0.39, 0.29) is 5.56 Å². The van der Waals surface area contributed by atoms with E-state index < -0.39 is 23.3 Å². The third-order valence-corrected chi connectivity index (χ3v) is 3.99. The van der Waals surface area contributed by atoms with E-state index in [1.54, 1.807) is 24.3 Å². The zero-order valence-corrected chi connectivity index (χ0v) is 14.0. The highest BCUT2D eigenvalue weighted by atomic mass is 19.4. The molecule has 0 atom stereocenters. The van der Waals surface area contributed by atoms with Gasteiger partial charge >= 0.3 is 12.1 Å². The molecule has 138 valence electrons. The largest absolute Gasteiger partial charge is 0.489 e. The minimum atomic E-state index is -4.60. The number of carboxylic acid groups (broad SMARTS) is 1. The lowest BCUT2D eigenvalue weighted by molar-refractivity contribution is -0.137. The lowest BCUT2D eigenvalue weighted by Crippen LogP contribution is -2.08. The van der Waals surface area contributed by atoms with Gasteiger partial charge in [0.15, 0.2) is 0 Å². The van der Waals surface area contributed by atoms with Gasteiger partial charge in [-0.2, -0.15) is 13.2 Å². The lowest BCUT2D eigenvalue weighted by atomic mass is 9.97. The molecule has 0 aliphatic heterocycles. The fraction of sp³-hybridized carbons (Fsp3) is 0.0952. The van der Waals surface area contributed by atoms with E-state index in [1.807, 2.05) is 30.3 Å². The van der Waals surface area contributed by atoms with Crippen LogP contribution in [0.5, 0.6) is 5.75 Å². The van der Waals surface area contributed by atoms with Gasteiger partial charge in [0.2, 0.25) is 0 Å². The van der Waals surface area contributed by atoms with E-state index in [9.17, 15) is 23.1 Å². The molecular formula is C21H15F3O3. The van der Waals surface area contributed by atoms with Crippen molar-refractivity contribution in [3.8, 4) is 16.9 Å². The van der Waals surface area contributed by atoms with Gasteiger partial charge in [0.05, 0.1) is 11.1 Å². The molecule has 6 heteroatoms. The fourth-order valence-corrected chi connectivity index (χ4v) is 2.62. The molecule has 0 unspecified atom stereocenters. The van der Waals surface area contributed by atoms with Crippen molar-refractivity contribution in [3.63, 3.8) is 0 Å². The predicted molar refractivity (Wildman–Crippen MR) is 94.6 cm³/mol. The van der Waals surface area contributed by atoms with Gasteiger partial charge in [-0.15, -0.1) is 0 Å². The Kier molecular flexibility index (Phi) is 5.16. The SMILES string of the molecule is O=C(O)c1cc(C(F)(F)F)ccc1-c1ccc(OCc2ccccc2)cc1. The number of benzene rings is 3. The van der Waals surface area contributed by atoms with Crippen LogP contribution in [0.1, 0.15) is 21.5 Å². The van der Waals surface area contributed by atoms with Crippen molar-refractivity contribution in [1.82, 2.24) is 0 Å². The summed E-state index contributed by atoms with van der Waals surface area (Å²) < 4.78 is 44.2. The Morgan fingerprint density at radius 3 is 2.19 bits per heavy atom. The zero-order valence-electron chi connectivity index (χ0n) is 14.0. The van der Waals surface area contributed by atoms with Crippen molar-refractivity contribution in [2.45, 2.75) is 12.8 Å². The molecule has 3 aromatic carbocycles. The quantitative estimate of drug-likeness (QED) is 0.630. The minimum absolute atomic E-state index is 0.213. The monoisotopic (exact) mass is 372 g/mol. The number of aromatic carboxylic acids is 1. The number of ether oxygens (including phenoxy) is 1. The maximum Gasteiger partial charge on any atom is 0.416 e. The lowest BCUT2D eigenvalue weighted by Gasteiger charge is -2.12. The maximum atomic E-state index is 12.8. The Labute approximate surface area is 153 Å². The summed E-state index contributed by atoms with van der Waals surface area (Å²) in [5.74, 6) is -0.841. The molecule has 3 aromatic rings. The van der Waals surface area contributed by atoms with E-state index in [4.69, 9.17) is 4.74 Å². The molecule has 0 fully saturated rings. The molecule has 0 amide bonds. The summed E-state index contributed by atoms with van der Waals surface area (Å²) in [6.45, 7) is 0.376. The first-order valence-electron chi connectivity index (χ1n) is 8.06. The molecule has 3 nitrogen and oxygen atoms in total. The molecule has 0 heterocycles. The molecule has 1 N–H and O–H groups in total. The van der Waals surface area contributed by atoms with Gasteiger partial charge < -0.3 is 9.84 Å².